The van der Waals surface area contributed by atoms with Gasteiger partial charge in [-0.2, -0.15) is 0 Å². The Morgan fingerprint density at radius 2 is 2.00 bits per heavy atom. The molecule has 0 bridgehead atoms. The van der Waals surface area contributed by atoms with Gasteiger partial charge in [-0.3, -0.25) is 0 Å². The van der Waals surface area contributed by atoms with Crippen LogP contribution in [-0.2, 0) is 0 Å². The summed E-state index contributed by atoms with van der Waals surface area (Å²) in [4.78, 5) is 0. The fourth-order valence-corrected chi connectivity index (χ4v) is 1.38. The van der Waals surface area contributed by atoms with E-state index in [-0.39, 0.29) is 0 Å². The molecule has 0 aliphatic carbocycles. The number of hydrogen-bond donors (Lipinski definition) is 0. The molecule has 0 aromatic carbocycles. The zero-order chi connectivity index (χ0) is 8.85. The van der Waals surface area contributed by atoms with Gasteiger partial charge < -0.3 is 0 Å². The van der Waals surface area contributed by atoms with Gasteiger partial charge in [-0.25, -0.2) is 0 Å². The highest BCUT2D eigenvalue weighted by Gasteiger charge is 2.11. The van der Waals surface area contributed by atoms with E-state index >= 15 is 0 Å². The van der Waals surface area contributed by atoms with Crippen LogP contribution in [0.15, 0.2) is 24.3 Å². The van der Waals surface area contributed by atoms with Crippen molar-refractivity contribution in [3.05, 3.63) is 24.3 Å². The second-order valence-corrected chi connectivity index (χ2v) is 3.41. The second-order valence-electron chi connectivity index (χ2n) is 3.41. The van der Waals surface area contributed by atoms with Crippen LogP contribution in [0.25, 0.3) is 0 Å². The third-order valence-electron chi connectivity index (χ3n) is 2.27. The van der Waals surface area contributed by atoms with Crippen molar-refractivity contribution in [1.82, 2.24) is 0 Å². The van der Waals surface area contributed by atoms with Gasteiger partial charge in [-0.15, -0.1) is 6.58 Å². The molecule has 0 aliphatic heterocycles. The lowest BCUT2D eigenvalue weighted by Gasteiger charge is -2.19. The molecule has 1 unspecified atom stereocenters. The molecule has 0 aliphatic rings. The van der Waals surface area contributed by atoms with Gasteiger partial charge in [0.15, 0.2) is 0 Å². The Labute approximate surface area is 71.0 Å². The van der Waals surface area contributed by atoms with Crippen LogP contribution in [0.1, 0.15) is 34.1 Å². The van der Waals surface area contributed by atoms with Crippen molar-refractivity contribution in [1.29, 1.82) is 0 Å². The molecule has 1 atom stereocenters. The third kappa shape index (κ3) is 3.41. The molecular weight excluding hydrogens is 132 g/mol. The van der Waals surface area contributed by atoms with E-state index in [4.69, 9.17) is 0 Å². The van der Waals surface area contributed by atoms with Gasteiger partial charge in [-0.05, 0) is 32.1 Å². The van der Waals surface area contributed by atoms with Crippen molar-refractivity contribution in [3.63, 3.8) is 0 Å². The minimum absolute atomic E-state index is 0.692. The van der Waals surface area contributed by atoms with Crippen LogP contribution in [0.2, 0.25) is 0 Å². The molecule has 64 valence electrons. The summed E-state index contributed by atoms with van der Waals surface area (Å²) in [5, 5.41) is 0. The first kappa shape index (κ1) is 10.5. The van der Waals surface area contributed by atoms with Crippen LogP contribution < -0.4 is 0 Å². The molecule has 0 heterocycles. The fraction of sp³-hybridized carbons (Fsp3) is 0.636. The van der Waals surface area contributed by atoms with Crippen LogP contribution in [0, 0.1) is 11.8 Å². The van der Waals surface area contributed by atoms with Crippen molar-refractivity contribution in [2.75, 3.05) is 0 Å². The Kier molecular flexibility index (Phi) is 4.93. The van der Waals surface area contributed by atoms with Gasteiger partial charge in [0.2, 0.25) is 0 Å². The molecule has 0 N–H and O–H groups in total. The molecule has 0 radical (unpaired) electrons. The van der Waals surface area contributed by atoms with Crippen molar-refractivity contribution in [2.45, 2.75) is 34.1 Å². The minimum atomic E-state index is 0.692. The molecule has 0 saturated heterocycles. The van der Waals surface area contributed by atoms with Gasteiger partial charge in [-0.1, -0.05) is 31.6 Å². The Hall–Kier alpha value is -0.520. The molecule has 0 fully saturated rings. The van der Waals surface area contributed by atoms with Gasteiger partial charge in [0, 0.05) is 0 Å². The molecule has 0 nitrogen and oxygen atoms in total. The summed E-state index contributed by atoms with van der Waals surface area (Å²) in [6, 6.07) is 0. The summed E-state index contributed by atoms with van der Waals surface area (Å²) in [5.74, 6) is 1.42. The molecule has 0 rings (SSSR count). The first-order valence-electron chi connectivity index (χ1n) is 4.37. The lowest BCUT2D eigenvalue weighted by Crippen LogP contribution is -2.08. The number of hydrogen-bond acceptors (Lipinski definition) is 0. The third-order valence-corrected chi connectivity index (χ3v) is 2.27. The highest BCUT2D eigenvalue weighted by molar-refractivity contribution is 5.04. The molecule has 0 aromatic rings. The van der Waals surface area contributed by atoms with E-state index in [1.165, 1.54) is 5.57 Å². The van der Waals surface area contributed by atoms with E-state index < -0.39 is 0 Å². The highest BCUT2D eigenvalue weighted by Crippen LogP contribution is 2.23. The van der Waals surface area contributed by atoms with E-state index in [0.29, 0.717) is 5.92 Å². The summed E-state index contributed by atoms with van der Waals surface area (Å²) >= 11 is 0. The molecule has 0 spiro atoms. The molecule has 0 heteroatoms. The molecule has 11 heavy (non-hydrogen) atoms. The largest absolute Gasteiger partial charge is 0.103 e. The maximum absolute atomic E-state index is 3.77. The van der Waals surface area contributed by atoms with E-state index in [1.54, 1.807) is 0 Å². The molecule has 0 aromatic heterocycles. The average molecular weight is 152 g/mol. The van der Waals surface area contributed by atoms with E-state index in [1.807, 2.05) is 6.08 Å². The van der Waals surface area contributed by atoms with Gasteiger partial charge in [0.25, 0.3) is 0 Å². The first-order chi connectivity index (χ1) is 5.13. The predicted molar refractivity (Wildman–Crippen MR) is 52.6 cm³/mol. The van der Waals surface area contributed by atoms with Gasteiger partial charge >= 0.3 is 0 Å². The molecule has 0 amide bonds. The van der Waals surface area contributed by atoms with E-state index in [9.17, 15) is 0 Å². The van der Waals surface area contributed by atoms with Crippen LogP contribution >= 0.6 is 0 Å². The van der Waals surface area contributed by atoms with Crippen molar-refractivity contribution < 1.29 is 0 Å². The van der Waals surface area contributed by atoms with Crippen molar-refractivity contribution in [2.24, 2.45) is 11.8 Å². The minimum Gasteiger partial charge on any atom is -0.103 e. The van der Waals surface area contributed by atoms with Gasteiger partial charge in [0.1, 0.15) is 0 Å². The van der Waals surface area contributed by atoms with Crippen LogP contribution in [0.5, 0.6) is 0 Å². The van der Waals surface area contributed by atoms with E-state index in [2.05, 4.69) is 40.3 Å². The van der Waals surface area contributed by atoms with Crippen LogP contribution in [-0.4, -0.2) is 0 Å². The summed E-state index contributed by atoms with van der Waals surface area (Å²) < 4.78 is 0. The zero-order valence-electron chi connectivity index (χ0n) is 8.22. The lowest BCUT2D eigenvalue weighted by atomic mass is 9.86. The normalized spacial score (nSPS) is 15.2. The Bertz CT molecular complexity index is 140. The molecule has 0 saturated carbocycles. The smallest absolute Gasteiger partial charge is 0.0149 e. The maximum Gasteiger partial charge on any atom is -0.0149 e. The van der Waals surface area contributed by atoms with Crippen LogP contribution in [0.4, 0.5) is 0 Å². The second kappa shape index (κ2) is 5.17. The number of rotatable bonds is 4. The topological polar surface area (TPSA) is 0 Å². The monoisotopic (exact) mass is 152 g/mol. The maximum atomic E-state index is 3.77. The van der Waals surface area contributed by atoms with E-state index in [0.717, 1.165) is 12.3 Å². The fourth-order valence-electron chi connectivity index (χ4n) is 1.38. The average Bonchev–Trinajstić information content (AvgIpc) is 1.98. The Morgan fingerprint density at radius 3 is 2.27 bits per heavy atom. The molecular formula is C11H20. The number of allylic oxidation sites excluding steroid dienone is 3. The summed E-state index contributed by atoms with van der Waals surface area (Å²) in [6.45, 7) is 12.6. The highest BCUT2D eigenvalue weighted by atomic mass is 14.2. The standard InChI is InChI=1S/C11H20/c1-6-8-11(9(3)4)10(5)7-2/h6-7,9,11H,1,8H2,2-5H3/b10-7+. The van der Waals surface area contributed by atoms with Crippen molar-refractivity contribution >= 4 is 0 Å². The predicted octanol–water partition coefficient (Wildman–Crippen LogP) is 3.80. The zero-order valence-corrected chi connectivity index (χ0v) is 8.22. The van der Waals surface area contributed by atoms with Crippen molar-refractivity contribution in [3.8, 4) is 0 Å². The van der Waals surface area contributed by atoms with Crippen LogP contribution in [0.3, 0.4) is 0 Å². The summed E-state index contributed by atoms with van der Waals surface area (Å²) in [6.07, 6.45) is 5.32. The van der Waals surface area contributed by atoms with Gasteiger partial charge in [0.05, 0.1) is 0 Å². The Morgan fingerprint density at radius 1 is 1.45 bits per heavy atom. The summed E-state index contributed by atoms with van der Waals surface area (Å²) in [7, 11) is 0. The quantitative estimate of drug-likeness (QED) is 0.537. The SMILES string of the molecule is C=CCC(/C(C)=C/C)C(C)C. The lowest BCUT2D eigenvalue weighted by molar-refractivity contribution is 0.447. The first-order valence-corrected chi connectivity index (χ1v) is 4.37. The summed E-state index contributed by atoms with van der Waals surface area (Å²) in [5.41, 5.74) is 1.49. The Balaban J connectivity index is 4.20.